The van der Waals surface area contributed by atoms with Gasteiger partial charge in [-0.05, 0) is 103 Å². The van der Waals surface area contributed by atoms with Gasteiger partial charge in [0.1, 0.15) is 0 Å². The molecule has 0 atom stereocenters. The number of aryl methyl sites for hydroxylation is 2. The molecule has 4 heterocycles. The number of hydrogen-bond acceptors (Lipinski definition) is 8. The number of carbonyl (C=O) groups is 6. The number of carbonyl (C=O) groups excluding carboxylic acids is 6. The van der Waals surface area contributed by atoms with Crippen LogP contribution >= 0.6 is 0 Å². The molecule has 0 aliphatic carbocycles. The SMILES string of the molecule is Cc1ccc(CC(=O)c2ccc3c(c2)C(=O)N(c2ccc(C(C)(C)c4ccc(N5C(=O)c6ccc(C(=O)Nc7ccc(C)nc7)cc6C5=O)cc4)cc2)C3=O)cn1. The quantitative estimate of drug-likeness (QED) is 0.117. The summed E-state index contributed by atoms with van der Waals surface area (Å²) in [5.41, 5.74) is 6.26. The van der Waals surface area contributed by atoms with Crippen molar-refractivity contribution in [2.24, 2.45) is 0 Å². The average molecular weight is 754 g/mol. The van der Waals surface area contributed by atoms with Gasteiger partial charge in [-0.1, -0.05) is 50.2 Å². The van der Waals surface area contributed by atoms with Gasteiger partial charge in [-0.3, -0.25) is 38.7 Å². The number of pyridine rings is 2. The number of Topliss-reactive ketones (excluding diaryl/α,β-unsaturated/α-hetero) is 1. The van der Waals surface area contributed by atoms with Crippen LogP contribution in [-0.2, 0) is 11.8 Å². The van der Waals surface area contributed by atoms with Crippen molar-refractivity contribution in [1.29, 1.82) is 0 Å². The summed E-state index contributed by atoms with van der Waals surface area (Å²) in [6.45, 7) is 7.75. The van der Waals surface area contributed by atoms with Crippen LogP contribution in [0.25, 0.3) is 0 Å². The third-order valence-electron chi connectivity index (χ3n) is 10.6. The molecule has 0 unspecified atom stereocenters. The van der Waals surface area contributed by atoms with Gasteiger partial charge in [-0.2, -0.15) is 0 Å². The Kier molecular flexibility index (Phi) is 9.00. The van der Waals surface area contributed by atoms with Gasteiger partial charge in [0, 0.05) is 40.5 Å². The predicted octanol–water partition coefficient (Wildman–Crippen LogP) is 7.70. The van der Waals surface area contributed by atoms with Crippen LogP contribution in [-0.4, -0.2) is 45.3 Å². The first-order valence-electron chi connectivity index (χ1n) is 18.3. The zero-order valence-electron chi connectivity index (χ0n) is 31.5. The lowest BCUT2D eigenvalue weighted by molar-refractivity contribution is 0.0910. The molecule has 4 aromatic carbocycles. The molecule has 2 aliphatic heterocycles. The second-order valence-electron chi connectivity index (χ2n) is 14.7. The Labute approximate surface area is 328 Å². The summed E-state index contributed by atoms with van der Waals surface area (Å²) in [6, 6.07) is 30.5. The Morgan fingerprint density at radius 2 is 1.04 bits per heavy atom. The van der Waals surface area contributed by atoms with Crippen molar-refractivity contribution < 1.29 is 28.8 Å². The molecule has 0 saturated heterocycles. The van der Waals surface area contributed by atoms with Crippen LogP contribution in [0.4, 0.5) is 17.1 Å². The van der Waals surface area contributed by atoms with E-state index in [4.69, 9.17) is 0 Å². The van der Waals surface area contributed by atoms with Crippen molar-refractivity contribution in [3.63, 3.8) is 0 Å². The molecule has 57 heavy (non-hydrogen) atoms. The highest BCUT2D eigenvalue weighted by Gasteiger charge is 2.39. The number of aromatic nitrogens is 2. The number of ketones is 1. The minimum Gasteiger partial charge on any atom is -0.321 e. The maximum absolute atomic E-state index is 13.6. The highest BCUT2D eigenvalue weighted by atomic mass is 16.2. The van der Waals surface area contributed by atoms with Crippen LogP contribution in [0.3, 0.4) is 0 Å². The zero-order valence-corrected chi connectivity index (χ0v) is 31.5. The number of amides is 5. The minimum absolute atomic E-state index is 0.122. The first-order chi connectivity index (χ1) is 27.3. The van der Waals surface area contributed by atoms with E-state index in [2.05, 4.69) is 15.3 Å². The smallest absolute Gasteiger partial charge is 0.266 e. The maximum atomic E-state index is 13.6. The molecular formula is C46H35N5O6. The molecule has 1 N–H and O–H groups in total. The predicted molar refractivity (Wildman–Crippen MR) is 214 cm³/mol. The van der Waals surface area contributed by atoms with Crippen LogP contribution < -0.4 is 15.1 Å². The Balaban J connectivity index is 0.958. The van der Waals surface area contributed by atoms with Crippen LogP contribution in [0.15, 0.2) is 122 Å². The van der Waals surface area contributed by atoms with E-state index in [1.807, 2.05) is 64.1 Å². The Bertz CT molecular complexity index is 2480. The number of benzene rings is 4. The molecule has 11 heteroatoms. The fourth-order valence-electron chi connectivity index (χ4n) is 7.12. The summed E-state index contributed by atoms with van der Waals surface area (Å²) >= 11 is 0. The lowest BCUT2D eigenvalue weighted by Gasteiger charge is -2.27. The molecule has 2 aromatic heterocycles. The van der Waals surface area contributed by atoms with Crippen LogP contribution in [0.5, 0.6) is 0 Å². The van der Waals surface area contributed by atoms with Gasteiger partial charge < -0.3 is 5.32 Å². The molecule has 5 amide bonds. The molecule has 280 valence electrons. The topological polar surface area (TPSA) is 147 Å². The molecule has 8 rings (SSSR count). The average Bonchev–Trinajstić information content (AvgIpc) is 3.62. The number of nitrogens with one attached hydrogen (secondary N) is 1. The van der Waals surface area contributed by atoms with Gasteiger partial charge >= 0.3 is 0 Å². The lowest BCUT2D eigenvalue weighted by atomic mass is 9.78. The van der Waals surface area contributed by atoms with Crippen molar-refractivity contribution in [1.82, 2.24) is 9.97 Å². The van der Waals surface area contributed by atoms with Crippen molar-refractivity contribution in [2.45, 2.75) is 39.5 Å². The molecule has 11 nitrogen and oxygen atoms in total. The third kappa shape index (κ3) is 6.58. The molecular weight excluding hydrogens is 719 g/mol. The number of nitrogens with zero attached hydrogens (tertiary/aromatic N) is 4. The van der Waals surface area contributed by atoms with E-state index >= 15 is 0 Å². The van der Waals surface area contributed by atoms with Crippen LogP contribution in [0.1, 0.15) is 104 Å². The van der Waals surface area contributed by atoms with E-state index in [1.165, 1.54) is 30.3 Å². The Hall–Kier alpha value is -7.40. The molecule has 0 radical (unpaired) electrons. The molecule has 0 bridgehead atoms. The van der Waals surface area contributed by atoms with Crippen LogP contribution in [0, 0.1) is 13.8 Å². The largest absolute Gasteiger partial charge is 0.321 e. The number of hydrogen-bond donors (Lipinski definition) is 1. The summed E-state index contributed by atoms with van der Waals surface area (Å²) in [7, 11) is 0. The summed E-state index contributed by atoms with van der Waals surface area (Å²) in [5.74, 6) is -2.59. The molecule has 2 aliphatic rings. The molecule has 0 saturated carbocycles. The van der Waals surface area contributed by atoms with E-state index < -0.39 is 35.0 Å². The number of rotatable bonds is 9. The van der Waals surface area contributed by atoms with E-state index in [0.29, 0.717) is 22.6 Å². The molecule has 0 fully saturated rings. The second-order valence-corrected chi connectivity index (χ2v) is 14.7. The number of imide groups is 2. The Morgan fingerprint density at radius 1 is 0.561 bits per heavy atom. The van der Waals surface area contributed by atoms with Crippen molar-refractivity contribution in [3.8, 4) is 0 Å². The van der Waals surface area contributed by atoms with E-state index in [1.54, 1.807) is 54.9 Å². The summed E-state index contributed by atoms with van der Waals surface area (Å²) in [4.78, 5) is 90.6. The van der Waals surface area contributed by atoms with Crippen LogP contribution in [0.2, 0.25) is 0 Å². The molecule has 6 aromatic rings. The minimum atomic E-state index is -0.557. The maximum Gasteiger partial charge on any atom is 0.266 e. The van der Waals surface area contributed by atoms with E-state index in [9.17, 15) is 28.8 Å². The normalized spacial score (nSPS) is 13.5. The number of anilines is 3. The van der Waals surface area contributed by atoms with Gasteiger partial charge in [-0.15, -0.1) is 0 Å². The highest BCUT2D eigenvalue weighted by Crippen LogP contribution is 2.37. The van der Waals surface area contributed by atoms with Gasteiger partial charge in [0.25, 0.3) is 29.5 Å². The van der Waals surface area contributed by atoms with Gasteiger partial charge in [0.2, 0.25) is 0 Å². The van der Waals surface area contributed by atoms with E-state index in [0.717, 1.165) is 37.9 Å². The van der Waals surface area contributed by atoms with Gasteiger partial charge in [0.05, 0.1) is 45.5 Å². The summed E-state index contributed by atoms with van der Waals surface area (Å²) in [6.07, 6.45) is 3.32. The van der Waals surface area contributed by atoms with Gasteiger partial charge in [-0.25, -0.2) is 9.80 Å². The Morgan fingerprint density at radius 3 is 1.53 bits per heavy atom. The summed E-state index contributed by atoms with van der Waals surface area (Å²) in [5, 5.41) is 2.76. The fourth-order valence-corrected chi connectivity index (χ4v) is 7.12. The third-order valence-corrected chi connectivity index (χ3v) is 10.6. The first kappa shape index (κ1) is 36.6. The standard InChI is InChI=1S/C46H35N5O6/c1-26-5-7-28(24-47-26)21-40(52)29-8-19-36-38(22-29)44(56)50(42(36)54)34-15-10-31(11-16-34)46(3,4)32-12-17-35(18-13-32)51-43(55)37-20-9-30(23-39(37)45(51)57)41(53)49-33-14-6-27(2)48-25-33/h5-20,22-25H,21H2,1-4H3,(H,49,53). The zero-order chi connectivity index (χ0) is 40.2. The monoisotopic (exact) mass is 753 g/mol. The van der Waals surface area contributed by atoms with Crippen molar-refractivity contribution in [3.05, 3.63) is 183 Å². The fraction of sp³-hybridized carbons (Fsp3) is 0.130. The van der Waals surface area contributed by atoms with E-state index in [-0.39, 0.29) is 40.0 Å². The lowest BCUT2D eigenvalue weighted by Crippen LogP contribution is -2.30. The van der Waals surface area contributed by atoms with Crippen molar-refractivity contribution in [2.75, 3.05) is 15.1 Å². The van der Waals surface area contributed by atoms with Crippen molar-refractivity contribution >= 4 is 52.4 Å². The number of fused-ring (bicyclic) bond motifs is 2. The second kappa shape index (κ2) is 14.0. The highest BCUT2D eigenvalue weighted by molar-refractivity contribution is 6.35. The van der Waals surface area contributed by atoms with Gasteiger partial charge in [0.15, 0.2) is 5.78 Å². The first-order valence-corrected chi connectivity index (χ1v) is 18.3. The summed E-state index contributed by atoms with van der Waals surface area (Å²) < 4.78 is 0. The molecule has 0 spiro atoms.